The summed E-state index contributed by atoms with van der Waals surface area (Å²) in [5.41, 5.74) is 3.67. The number of aliphatic hydroxyl groups excluding tert-OH is 1. The van der Waals surface area contributed by atoms with Crippen LogP contribution in [0.15, 0.2) is 18.3 Å². The molecule has 144 valence electrons. The van der Waals surface area contributed by atoms with E-state index in [2.05, 4.69) is 4.98 Å². The fourth-order valence-corrected chi connectivity index (χ4v) is 3.49. The Morgan fingerprint density at radius 1 is 1.30 bits per heavy atom. The molecule has 1 aliphatic rings. The van der Waals surface area contributed by atoms with Gasteiger partial charge in [-0.05, 0) is 49.3 Å². The third kappa shape index (κ3) is 4.50. The number of ketones is 1. The van der Waals surface area contributed by atoms with Crippen LogP contribution in [0.5, 0.6) is 0 Å². The van der Waals surface area contributed by atoms with Gasteiger partial charge in [0.1, 0.15) is 11.5 Å². The normalized spacial score (nSPS) is 13.5. The highest BCUT2D eigenvalue weighted by Gasteiger charge is 2.25. The number of Topliss-reactive ketones (excluding diaryl/α,β-unsaturated/α-hetero) is 1. The van der Waals surface area contributed by atoms with Crippen LogP contribution in [0.3, 0.4) is 0 Å². The molecule has 0 aliphatic heterocycles. The molecule has 0 bridgehead atoms. The van der Waals surface area contributed by atoms with Gasteiger partial charge in [0.25, 0.3) is 0 Å². The average Bonchev–Trinajstić information content (AvgIpc) is 3.08. The number of carbonyl (C=O) groups excluding carboxylic acids is 1. The molecule has 2 aromatic heterocycles. The summed E-state index contributed by atoms with van der Waals surface area (Å²) in [5.74, 6) is 1.53. The van der Waals surface area contributed by atoms with Gasteiger partial charge >= 0.3 is 0 Å². The number of aryl methyl sites for hydroxylation is 2. The van der Waals surface area contributed by atoms with E-state index in [-0.39, 0.29) is 18.9 Å². The van der Waals surface area contributed by atoms with Crippen molar-refractivity contribution in [2.45, 2.75) is 46.5 Å². The summed E-state index contributed by atoms with van der Waals surface area (Å²) < 4.78 is 0. The lowest BCUT2D eigenvalue weighted by atomic mass is 9.88. The van der Waals surface area contributed by atoms with Crippen molar-refractivity contribution in [3.63, 3.8) is 0 Å². The Balaban J connectivity index is 1.89. The highest BCUT2D eigenvalue weighted by atomic mass is 16.3. The van der Waals surface area contributed by atoms with E-state index in [0.717, 1.165) is 47.6 Å². The van der Waals surface area contributed by atoms with E-state index < -0.39 is 5.41 Å². The summed E-state index contributed by atoms with van der Waals surface area (Å²) in [7, 11) is 1.90. The van der Waals surface area contributed by atoms with Crippen molar-refractivity contribution in [3.05, 3.63) is 35.2 Å². The summed E-state index contributed by atoms with van der Waals surface area (Å²) in [5, 5.41) is 9.41. The maximum absolute atomic E-state index is 12.5. The van der Waals surface area contributed by atoms with Crippen molar-refractivity contribution >= 4 is 11.6 Å². The van der Waals surface area contributed by atoms with Gasteiger partial charge in [-0.15, -0.1) is 0 Å². The highest BCUT2D eigenvalue weighted by Crippen LogP contribution is 2.31. The minimum atomic E-state index is -0.401. The van der Waals surface area contributed by atoms with E-state index in [4.69, 9.17) is 9.97 Å². The smallest absolute Gasteiger partial charge is 0.180 e. The molecule has 0 saturated heterocycles. The van der Waals surface area contributed by atoms with Crippen LogP contribution in [0.4, 0.5) is 5.82 Å². The second kappa shape index (κ2) is 7.72. The Morgan fingerprint density at radius 3 is 2.78 bits per heavy atom. The first-order chi connectivity index (χ1) is 12.8. The van der Waals surface area contributed by atoms with Crippen LogP contribution in [0.1, 0.15) is 43.5 Å². The molecule has 1 aliphatic carbocycles. The zero-order valence-corrected chi connectivity index (χ0v) is 16.6. The fourth-order valence-electron chi connectivity index (χ4n) is 3.49. The second-order valence-corrected chi connectivity index (χ2v) is 8.26. The molecule has 2 heterocycles. The first kappa shape index (κ1) is 19.4. The molecule has 0 saturated carbocycles. The average molecular weight is 368 g/mol. The Hall–Kier alpha value is -2.34. The summed E-state index contributed by atoms with van der Waals surface area (Å²) in [6, 6.07) is 3.93. The Bertz CT molecular complexity index is 848. The Labute approximate surface area is 160 Å². The number of rotatable bonds is 7. The third-order valence-electron chi connectivity index (χ3n) is 4.93. The van der Waals surface area contributed by atoms with E-state index >= 15 is 0 Å². The van der Waals surface area contributed by atoms with Crippen molar-refractivity contribution in [1.29, 1.82) is 0 Å². The molecule has 0 atom stereocenters. The van der Waals surface area contributed by atoms with Gasteiger partial charge in [-0.3, -0.25) is 9.78 Å². The van der Waals surface area contributed by atoms with Crippen molar-refractivity contribution in [1.82, 2.24) is 15.0 Å². The Morgan fingerprint density at radius 2 is 2.07 bits per heavy atom. The van der Waals surface area contributed by atoms with Gasteiger partial charge < -0.3 is 10.0 Å². The maximum Gasteiger partial charge on any atom is 0.180 e. The van der Waals surface area contributed by atoms with Crippen molar-refractivity contribution in [2.24, 2.45) is 5.41 Å². The predicted octanol–water partition coefficient (Wildman–Crippen LogP) is 2.75. The largest absolute Gasteiger partial charge is 0.396 e. The number of likely N-dealkylation sites (N-methyl/N-ethyl adjacent to an activating group) is 1. The molecule has 3 rings (SSSR count). The lowest BCUT2D eigenvalue weighted by molar-refractivity contribution is -0.120. The number of hydrogen-bond acceptors (Lipinski definition) is 6. The van der Waals surface area contributed by atoms with Gasteiger partial charge in [0, 0.05) is 37.5 Å². The lowest BCUT2D eigenvalue weighted by Gasteiger charge is -2.24. The molecular formula is C21H28N4O2. The maximum atomic E-state index is 12.5. The number of carbonyl (C=O) groups is 1. The van der Waals surface area contributed by atoms with E-state index in [1.54, 1.807) is 6.20 Å². The number of aromatic nitrogens is 3. The fraction of sp³-hybridized carbons (Fsp3) is 0.524. The first-order valence-corrected chi connectivity index (χ1v) is 9.45. The monoisotopic (exact) mass is 368 g/mol. The van der Waals surface area contributed by atoms with E-state index in [9.17, 15) is 9.90 Å². The number of hydrogen-bond donors (Lipinski definition) is 1. The molecule has 0 spiro atoms. The first-order valence-electron chi connectivity index (χ1n) is 9.45. The van der Waals surface area contributed by atoms with Crippen LogP contribution in [0.2, 0.25) is 0 Å². The minimum Gasteiger partial charge on any atom is -0.396 e. The number of pyridine rings is 1. The zero-order chi connectivity index (χ0) is 19.6. The number of nitrogens with zero attached hydrogens (tertiary/aromatic N) is 4. The van der Waals surface area contributed by atoms with E-state index in [1.165, 1.54) is 0 Å². The topological polar surface area (TPSA) is 79.2 Å². The lowest BCUT2D eigenvalue weighted by Crippen LogP contribution is -2.31. The molecule has 0 unspecified atom stereocenters. The Kier molecular flexibility index (Phi) is 5.56. The van der Waals surface area contributed by atoms with Crippen LogP contribution >= 0.6 is 0 Å². The van der Waals surface area contributed by atoms with Gasteiger partial charge in [-0.25, -0.2) is 9.97 Å². The summed E-state index contributed by atoms with van der Waals surface area (Å²) in [6.07, 6.45) is 5.04. The number of anilines is 1. The van der Waals surface area contributed by atoms with Gasteiger partial charge in [-0.1, -0.05) is 13.8 Å². The summed E-state index contributed by atoms with van der Waals surface area (Å²) in [6.45, 7) is 6.08. The van der Waals surface area contributed by atoms with Crippen LogP contribution in [0, 0.1) is 12.3 Å². The summed E-state index contributed by atoms with van der Waals surface area (Å²) >= 11 is 0. The van der Waals surface area contributed by atoms with Crippen LogP contribution in [-0.4, -0.2) is 46.0 Å². The van der Waals surface area contributed by atoms with Crippen molar-refractivity contribution < 1.29 is 9.90 Å². The molecule has 6 nitrogen and oxygen atoms in total. The number of aliphatic hydroxyl groups is 1. The minimum absolute atomic E-state index is 0.00542. The molecular weight excluding hydrogens is 340 g/mol. The van der Waals surface area contributed by atoms with Gasteiger partial charge in [0.05, 0.1) is 6.54 Å². The molecule has 0 radical (unpaired) electrons. The SMILES string of the molecule is Cc1ccnc(-c2nc3c(c(N(C)CC(=O)CC(C)(C)CO)n2)CCC3)c1. The van der Waals surface area contributed by atoms with Crippen molar-refractivity contribution in [2.75, 3.05) is 25.1 Å². The molecule has 1 N–H and O–H groups in total. The summed E-state index contributed by atoms with van der Waals surface area (Å²) in [4.78, 5) is 28.3. The number of fused-ring (bicyclic) bond motifs is 1. The standard InChI is InChI=1S/C21H28N4O2/c1-14-8-9-22-18(10-14)19-23-17-7-5-6-16(17)20(24-19)25(4)12-15(27)11-21(2,3)13-26/h8-10,26H,5-7,11-13H2,1-4H3. The van der Waals surface area contributed by atoms with E-state index in [1.807, 2.05) is 44.9 Å². The third-order valence-corrected chi connectivity index (χ3v) is 4.93. The predicted molar refractivity (Wildman–Crippen MR) is 106 cm³/mol. The molecule has 0 amide bonds. The molecule has 0 aromatic carbocycles. The second-order valence-electron chi connectivity index (χ2n) is 8.26. The van der Waals surface area contributed by atoms with Crippen LogP contribution < -0.4 is 4.90 Å². The van der Waals surface area contributed by atoms with Gasteiger partial charge in [-0.2, -0.15) is 0 Å². The molecule has 0 fully saturated rings. The molecule has 6 heteroatoms. The van der Waals surface area contributed by atoms with Gasteiger partial charge in [0.2, 0.25) is 0 Å². The molecule has 27 heavy (non-hydrogen) atoms. The van der Waals surface area contributed by atoms with Crippen LogP contribution in [0.25, 0.3) is 11.5 Å². The van der Waals surface area contributed by atoms with E-state index in [0.29, 0.717) is 12.2 Å². The quantitative estimate of drug-likeness (QED) is 0.809. The van der Waals surface area contributed by atoms with Crippen LogP contribution in [-0.2, 0) is 17.6 Å². The zero-order valence-electron chi connectivity index (χ0n) is 16.6. The molecule has 2 aromatic rings. The highest BCUT2D eigenvalue weighted by molar-refractivity contribution is 5.84. The van der Waals surface area contributed by atoms with Gasteiger partial charge in [0.15, 0.2) is 11.6 Å². The van der Waals surface area contributed by atoms with Crippen molar-refractivity contribution in [3.8, 4) is 11.5 Å².